The number of hydrogen-bond acceptors (Lipinski definition) is 4. The Bertz CT molecular complexity index is 719. The molecule has 2 aliphatic rings. The van der Waals surface area contributed by atoms with Crippen molar-refractivity contribution in [3.63, 3.8) is 0 Å². The van der Waals surface area contributed by atoms with E-state index in [0.29, 0.717) is 11.1 Å². The smallest absolute Gasteiger partial charge is 0.339 e. The first-order valence-electron chi connectivity index (χ1n) is 7.43. The van der Waals surface area contributed by atoms with E-state index < -0.39 is 0 Å². The van der Waals surface area contributed by atoms with Crippen molar-refractivity contribution in [2.24, 2.45) is 0 Å². The molecule has 0 bridgehead atoms. The van der Waals surface area contributed by atoms with Crippen LogP contribution in [0.4, 0.5) is 0 Å². The van der Waals surface area contributed by atoms with Crippen molar-refractivity contribution < 1.29 is 19.1 Å². The van der Waals surface area contributed by atoms with Gasteiger partial charge < -0.3 is 9.47 Å². The summed E-state index contributed by atoms with van der Waals surface area (Å²) in [6.07, 6.45) is 3.10. The van der Waals surface area contributed by atoms with Gasteiger partial charge in [-0.25, -0.2) is 9.59 Å². The highest BCUT2D eigenvalue weighted by molar-refractivity contribution is 6.04. The van der Waals surface area contributed by atoms with Crippen LogP contribution < -0.4 is 0 Å². The molecule has 0 fully saturated rings. The molecule has 4 nitrogen and oxygen atoms in total. The quantitative estimate of drug-likeness (QED) is 0.508. The lowest BCUT2D eigenvalue weighted by molar-refractivity contribution is 0.0540. The topological polar surface area (TPSA) is 52.6 Å². The Morgan fingerprint density at radius 1 is 0.875 bits per heavy atom. The SMILES string of the molecule is C=CCOC(=O)c1cc2ccc1-2.C=CCOC(=O)c1ccccc1. The van der Waals surface area contributed by atoms with Crippen LogP contribution in [0, 0.1) is 0 Å². The molecule has 4 heteroatoms. The van der Waals surface area contributed by atoms with Gasteiger partial charge in [0.05, 0.1) is 11.1 Å². The Hall–Kier alpha value is -3.14. The van der Waals surface area contributed by atoms with Gasteiger partial charge in [0, 0.05) is 0 Å². The Morgan fingerprint density at radius 2 is 1.50 bits per heavy atom. The minimum atomic E-state index is -0.310. The van der Waals surface area contributed by atoms with E-state index in [0.717, 1.165) is 11.1 Å². The van der Waals surface area contributed by atoms with Gasteiger partial charge in [0.15, 0.2) is 0 Å². The van der Waals surface area contributed by atoms with Crippen molar-refractivity contribution in [3.8, 4) is 11.1 Å². The number of hydrogen-bond donors (Lipinski definition) is 0. The van der Waals surface area contributed by atoms with Gasteiger partial charge in [0.1, 0.15) is 13.2 Å². The Kier molecular flexibility index (Phi) is 6.08. The van der Waals surface area contributed by atoms with Gasteiger partial charge in [-0.3, -0.25) is 0 Å². The molecule has 0 aliphatic heterocycles. The molecule has 0 N–H and O–H groups in total. The van der Waals surface area contributed by atoms with Crippen molar-refractivity contribution >= 4 is 11.9 Å². The van der Waals surface area contributed by atoms with E-state index in [1.54, 1.807) is 36.4 Å². The van der Waals surface area contributed by atoms with E-state index in [1.807, 2.05) is 24.3 Å². The molecule has 0 heterocycles. The summed E-state index contributed by atoms with van der Waals surface area (Å²) in [6, 6.07) is 14.6. The molecular weight excluding hydrogens is 304 g/mol. The number of rotatable bonds is 6. The normalized spacial score (nSPS) is 9.83. The lowest BCUT2D eigenvalue weighted by Gasteiger charge is -2.19. The molecule has 0 saturated heterocycles. The fourth-order valence-corrected chi connectivity index (χ4v) is 1.96. The van der Waals surface area contributed by atoms with Gasteiger partial charge in [0.25, 0.3) is 0 Å². The molecule has 122 valence electrons. The molecule has 1 aromatic rings. The molecule has 0 amide bonds. The third kappa shape index (κ3) is 4.20. The number of carbonyl (C=O) groups is 2. The van der Waals surface area contributed by atoms with Crippen LogP contribution >= 0.6 is 0 Å². The maximum Gasteiger partial charge on any atom is 0.339 e. The van der Waals surface area contributed by atoms with E-state index in [-0.39, 0.29) is 25.2 Å². The van der Waals surface area contributed by atoms with Gasteiger partial charge in [-0.15, -0.1) is 0 Å². The molecule has 1 aromatic carbocycles. The summed E-state index contributed by atoms with van der Waals surface area (Å²) in [5.41, 5.74) is 3.44. The second-order valence-corrected chi connectivity index (χ2v) is 4.90. The number of fused-ring (bicyclic) bond motifs is 1. The third-order valence-corrected chi connectivity index (χ3v) is 3.22. The molecule has 0 aromatic heterocycles. The largest absolute Gasteiger partial charge is 0.458 e. The fraction of sp³-hybridized carbons (Fsp3) is 0.100. The van der Waals surface area contributed by atoms with Gasteiger partial charge in [0.2, 0.25) is 0 Å². The maximum absolute atomic E-state index is 11.2. The average Bonchev–Trinajstić information content (AvgIpc) is 2.61. The van der Waals surface area contributed by atoms with E-state index >= 15 is 0 Å². The number of benzene rings is 2. The Labute approximate surface area is 141 Å². The van der Waals surface area contributed by atoms with Crippen LogP contribution in [0.3, 0.4) is 0 Å². The highest BCUT2D eigenvalue weighted by Gasteiger charge is 2.22. The van der Waals surface area contributed by atoms with Crippen molar-refractivity contribution in [2.45, 2.75) is 0 Å². The fourth-order valence-electron chi connectivity index (χ4n) is 1.96. The lowest BCUT2D eigenvalue weighted by Crippen LogP contribution is -2.11. The summed E-state index contributed by atoms with van der Waals surface area (Å²) in [5, 5.41) is 0. The zero-order chi connectivity index (χ0) is 17.4. The monoisotopic (exact) mass is 322 g/mol. The van der Waals surface area contributed by atoms with Crippen molar-refractivity contribution in [1.29, 1.82) is 0 Å². The zero-order valence-electron chi connectivity index (χ0n) is 13.2. The maximum atomic E-state index is 11.2. The summed E-state index contributed by atoms with van der Waals surface area (Å²) in [4.78, 5) is 22.3. The first-order chi connectivity index (χ1) is 11.7. The molecule has 0 spiro atoms. The van der Waals surface area contributed by atoms with Gasteiger partial charge >= 0.3 is 11.9 Å². The molecule has 0 saturated carbocycles. The van der Waals surface area contributed by atoms with E-state index in [4.69, 9.17) is 9.47 Å². The summed E-state index contributed by atoms with van der Waals surface area (Å²) in [5.74, 6) is -0.562. The molecule has 0 unspecified atom stereocenters. The standard InChI is InChI=1S/C10H8O2.C10H10O2/c1-2-5-12-10(11)9-6-7-3-4-8(7)9;1-2-8-12-10(11)9-6-4-3-5-7-9/h2-4,6H,1,5H2;2-7H,1,8H2. The molecule has 3 rings (SSSR count). The highest BCUT2D eigenvalue weighted by atomic mass is 16.5. The van der Waals surface area contributed by atoms with E-state index in [1.165, 1.54) is 0 Å². The molecular formula is C20H18O4. The zero-order valence-corrected chi connectivity index (χ0v) is 13.2. The number of ether oxygens (including phenoxy) is 2. The second kappa shape index (κ2) is 8.48. The van der Waals surface area contributed by atoms with Crippen LogP contribution in [0.5, 0.6) is 0 Å². The molecule has 0 atom stereocenters. The molecule has 2 aliphatic carbocycles. The van der Waals surface area contributed by atoms with Crippen LogP contribution in [0.2, 0.25) is 0 Å². The van der Waals surface area contributed by atoms with Gasteiger partial charge in [-0.05, 0) is 29.3 Å². The summed E-state index contributed by atoms with van der Waals surface area (Å²) in [7, 11) is 0. The van der Waals surface area contributed by atoms with Crippen molar-refractivity contribution in [1.82, 2.24) is 0 Å². The lowest BCUT2D eigenvalue weighted by atomic mass is 9.87. The Morgan fingerprint density at radius 3 is 1.96 bits per heavy atom. The van der Waals surface area contributed by atoms with E-state index in [2.05, 4.69) is 13.2 Å². The predicted molar refractivity (Wildman–Crippen MR) is 92.8 cm³/mol. The summed E-state index contributed by atoms with van der Waals surface area (Å²) < 4.78 is 9.67. The Balaban J connectivity index is 0.000000174. The van der Waals surface area contributed by atoms with Crippen LogP contribution in [-0.2, 0) is 9.47 Å². The van der Waals surface area contributed by atoms with Crippen LogP contribution in [0.15, 0.2) is 73.8 Å². The van der Waals surface area contributed by atoms with Gasteiger partial charge in [-0.1, -0.05) is 55.6 Å². The van der Waals surface area contributed by atoms with Crippen LogP contribution in [-0.4, -0.2) is 25.2 Å². The third-order valence-electron chi connectivity index (χ3n) is 3.22. The minimum Gasteiger partial charge on any atom is -0.458 e. The number of esters is 2. The minimum absolute atomic E-state index is 0.252. The van der Waals surface area contributed by atoms with Crippen LogP contribution in [0.25, 0.3) is 11.1 Å². The number of carbonyl (C=O) groups excluding carboxylic acids is 2. The van der Waals surface area contributed by atoms with Gasteiger partial charge in [-0.2, -0.15) is 0 Å². The predicted octanol–water partition coefficient (Wildman–Crippen LogP) is 4.04. The summed E-state index contributed by atoms with van der Waals surface area (Å²) >= 11 is 0. The van der Waals surface area contributed by atoms with E-state index in [9.17, 15) is 9.59 Å². The molecule has 24 heavy (non-hydrogen) atoms. The average molecular weight is 322 g/mol. The highest BCUT2D eigenvalue weighted by Crippen LogP contribution is 2.36. The first-order valence-corrected chi connectivity index (χ1v) is 7.43. The first kappa shape index (κ1) is 17.2. The van der Waals surface area contributed by atoms with Crippen LogP contribution in [0.1, 0.15) is 20.7 Å². The molecule has 0 radical (unpaired) electrons. The second-order valence-electron chi connectivity index (χ2n) is 4.90. The van der Waals surface area contributed by atoms with Crippen molar-refractivity contribution in [2.75, 3.05) is 13.2 Å². The summed E-state index contributed by atoms with van der Waals surface area (Å²) in [6.45, 7) is 7.45. The van der Waals surface area contributed by atoms with Crippen molar-refractivity contribution in [3.05, 3.63) is 85.0 Å².